The van der Waals surface area contributed by atoms with E-state index in [2.05, 4.69) is 29.9 Å². The van der Waals surface area contributed by atoms with E-state index in [9.17, 15) is 34.7 Å². The van der Waals surface area contributed by atoms with E-state index in [1.54, 1.807) is 0 Å². The van der Waals surface area contributed by atoms with E-state index in [1.807, 2.05) is 0 Å². The maximum atomic E-state index is 13.0. The van der Waals surface area contributed by atoms with Crippen molar-refractivity contribution >= 4 is 56.6 Å². The number of nitrogens with one attached hydrogen (secondary N) is 1. The largest absolute Gasteiger partial charge is 0.472 e. The third-order valence-electron chi connectivity index (χ3n) is 6.95. The van der Waals surface area contributed by atoms with E-state index in [4.69, 9.17) is 45.2 Å². The molecule has 2 aliphatic heterocycles. The number of phosphoric acid groups is 1. The minimum atomic E-state index is -5.08. The molecule has 2 fully saturated rings. The average molecular weight is 691 g/mol. The van der Waals surface area contributed by atoms with Gasteiger partial charge in [0.25, 0.3) is 5.56 Å². The van der Waals surface area contributed by atoms with E-state index in [-0.39, 0.29) is 40.0 Å². The number of H-pyrrole nitrogens is 1. The van der Waals surface area contributed by atoms with Crippen LogP contribution in [0.4, 0.5) is 17.7 Å². The zero-order valence-electron chi connectivity index (χ0n) is 23.0. The number of hydrogen-bond acceptors (Lipinski definition) is 19. The maximum absolute atomic E-state index is 13.0. The molecule has 13 N–H and O–H groups in total. The lowest BCUT2D eigenvalue weighted by Crippen LogP contribution is -2.36. The Labute approximate surface area is 256 Å². The van der Waals surface area contributed by atoms with E-state index >= 15 is 0 Å². The number of nitrogens with zero attached hydrogens (tertiary/aromatic N) is 7. The third-order valence-corrected chi connectivity index (χ3v) is 7.94. The van der Waals surface area contributed by atoms with Crippen molar-refractivity contribution in [2.24, 2.45) is 0 Å². The molecular formula is C20H27N11O13P2. The SMILES string of the molecule is Nc1nc(N)c2ncn([C@@H]3O[C@H](COP(=O)(O)O[C@@H]4[C@H](O)[C@@H](CO)O[C@H]4n4cnc5c(=O)[nH]c(N)nc54)[C@@H](O)[C@H]3O)c2n1.O=PO. The van der Waals surface area contributed by atoms with Crippen molar-refractivity contribution < 1.29 is 57.9 Å². The van der Waals surface area contributed by atoms with Crippen LogP contribution in [0.1, 0.15) is 12.5 Å². The van der Waals surface area contributed by atoms with Gasteiger partial charge in [0.15, 0.2) is 35.1 Å². The highest BCUT2D eigenvalue weighted by Gasteiger charge is 2.50. The van der Waals surface area contributed by atoms with Crippen LogP contribution in [0, 0.1) is 0 Å². The average Bonchev–Trinajstić information content (AvgIpc) is 3.74. The summed E-state index contributed by atoms with van der Waals surface area (Å²) in [6, 6.07) is 0. The van der Waals surface area contributed by atoms with Crippen LogP contribution in [0.15, 0.2) is 17.4 Å². The second kappa shape index (κ2) is 13.2. The Bertz CT molecular complexity index is 1840. The molecule has 46 heavy (non-hydrogen) atoms. The molecule has 4 aromatic heterocycles. The van der Waals surface area contributed by atoms with Crippen molar-refractivity contribution in [2.45, 2.75) is 49.1 Å². The fourth-order valence-electron chi connectivity index (χ4n) is 4.93. The molecule has 0 bridgehead atoms. The summed E-state index contributed by atoms with van der Waals surface area (Å²) in [6.07, 6.45) is -9.50. The molecule has 0 saturated carbocycles. The molecule has 0 spiro atoms. The highest BCUT2D eigenvalue weighted by atomic mass is 31.2. The standard InChI is InChI=1S/C20H26N11O11P.HO2P/c21-13-7-14(27-19(22)26-13)30(3-24-7)17-11(35)9(33)6(41-17)2-39-43(37,38)42-12-10(34)5(1-32)40-18(12)31-4-25-8-15(31)28-20(23)29-16(8)36;1-3-2/h3-6,9-12,17-18,32-35H,1-2H2,(H,37,38)(H4,21,22,26,27)(H3,23,28,29,36);(H,1,2)/t5-,6-,9-,10-,11-,12-,17-,18-;/m1./s1. The summed E-state index contributed by atoms with van der Waals surface area (Å²) >= 11 is 0. The Kier molecular flexibility index (Phi) is 9.60. The van der Waals surface area contributed by atoms with Crippen molar-refractivity contribution in [2.75, 3.05) is 30.4 Å². The molecular weight excluding hydrogens is 664 g/mol. The van der Waals surface area contributed by atoms with Gasteiger partial charge in [-0.25, -0.2) is 19.1 Å². The molecule has 0 aliphatic carbocycles. The minimum absolute atomic E-state index is 0.0258. The summed E-state index contributed by atoms with van der Waals surface area (Å²) < 4.78 is 45.4. The molecule has 0 aromatic carbocycles. The van der Waals surface area contributed by atoms with E-state index < -0.39 is 84.4 Å². The second-order valence-corrected chi connectivity index (χ2v) is 11.3. The minimum Gasteiger partial charge on any atom is -0.394 e. The Morgan fingerprint density at radius 3 is 2.24 bits per heavy atom. The van der Waals surface area contributed by atoms with Crippen molar-refractivity contribution in [3.8, 4) is 0 Å². The molecule has 4 aromatic rings. The predicted octanol–water partition coefficient (Wildman–Crippen LogP) is -3.74. The third kappa shape index (κ3) is 6.29. The van der Waals surface area contributed by atoms with Gasteiger partial charge in [-0.15, -0.1) is 0 Å². The fraction of sp³-hybridized carbons (Fsp3) is 0.500. The summed E-state index contributed by atoms with van der Waals surface area (Å²) in [5, 5.41) is 41.6. The normalized spacial score (nSPS) is 29.3. The molecule has 6 heterocycles. The lowest BCUT2D eigenvalue weighted by atomic mass is 10.1. The van der Waals surface area contributed by atoms with Gasteiger partial charge in [-0.05, 0) is 0 Å². The first kappa shape index (κ1) is 33.6. The predicted molar refractivity (Wildman–Crippen MR) is 150 cm³/mol. The Morgan fingerprint density at radius 1 is 0.957 bits per heavy atom. The molecule has 250 valence electrons. The number of aromatic nitrogens is 8. The molecule has 2 aliphatic rings. The van der Waals surface area contributed by atoms with Crippen LogP contribution in [0.25, 0.3) is 22.3 Å². The number of hydrogen-bond donors (Lipinski definition) is 10. The van der Waals surface area contributed by atoms with Crippen LogP contribution < -0.4 is 22.8 Å². The van der Waals surface area contributed by atoms with Crippen LogP contribution in [0.2, 0.25) is 0 Å². The number of phosphoric ester groups is 1. The summed E-state index contributed by atoms with van der Waals surface area (Å²) in [7, 11) is -5.91. The molecule has 26 heteroatoms. The highest BCUT2D eigenvalue weighted by Crippen LogP contribution is 2.50. The topological polar surface area (TPSA) is 378 Å². The van der Waals surface area contributed by atoms with Gasteiger partial charge >= 0.3 is 16.5 Å². The van der Waals surface area contributed by atoms with Crippen molar-refractivity contribution in [3.63, 3.8) is 0 Å². The number of rotatable bonds is 8. The number of imidazole rings is 2. The zero-order valence-corrected chi connectivity index (χ0v) is 24.8. The van der Waals surface area contributed by atoms with Gasteiger partial charge in [0, 0.05) is 0 Å². The molecule has 24 nitrogen and oxygen atoms in total. The van der Waals surface area contributed by atoms with E-state index in [0.717, 1.165) is 10.9 Å². The number of aliphatic hydroxyl groups excluding tert-OH is 4. The Balaban J connectivity index is 0.00000134. The molecule has 2 saturated heterocycles. The Hall–Kier alpha value is -3.77. The first-order valence-corrected chi connectivity index (χ1v) is 15.1. The number of aliphatic hydroxyl groups is 4. The molecule has 0 radical (unpaired) electrons. The van der Waals surface area contributed by atoms with Crippen molar-refractivity contribution in [3.05, 3.63) is 23.0 Å². The molecule has 0 amide bonds. The summed E-state index contributed by atoms with van der Waals surface area (Å²) in [5.74, 6) is -0.460. The number of nitrogen functional groups attached to an aromatic ring is 3. The smallest absolute Gasteiger partial charge is 0.394 e. The number of fused-ring (bicyclic) bond motifs is 2. The number of nitrogens with two attached hydrogens (primary N) is 3. The van der Waals surface area contributed by atoms with Crippen molar-refractivity contribution in [1.29, 1.82) is 0 Å². The van der Waals surface area contributed by atoms with Gasteiger partial charge in [-0.1, -0.05) is 0 Å². The number of anilines is 3. The molecule has 6 rings (SSSR count). The van der Waals surface area contributed by atoms with Crippen LogP contribution in [-0.2, 0) is 27.7 Å². The van der Waals surface area contributed by atoms with Gasteiger partial charge in [0.2, 0.25) is 11.9 Å². The summed E-state index contributed by atoms with van der Waals surface area (Å²) in [4.78, 5) is 51.8. The van der Waals surface area contributed by atoms with Crippen LogP contribution >= 0.6 is 16.5 Å². The van der Waals surface area contributed by atoms with Gasteiger partial charge < -0.3 is 56.9 Å². The second-order valence-electron chi connectivity index (χ2n) is 9.77. The van der Waals surface area contributed by atoms with Crippen LogP contribution in [-0.4, -0.2) is 119 Å². The summed E-state index contributed by atoms with van der Waals surface area (Å²) in [6.45, 7) is -1.48. The number of ether oxygens (including phenoxy) is 2. The maximum Gasteiger partial charge on any atom is 0.472 e. The molecule has 1 unspecified atom stereocenters. The van der Waals surface area contributed by atoms with Gasteiger partial charge in [0.1, 0.15) is 42.1 Å². The molecule has 9 atom stereocenters. The Morgan fingerprint density at radius 2 is 1.57 bits per heavy atom. The van der Waals surface area contributed by atoms with Crippen LogP contribution in [0.5, 0.6) is 0 Å². The van der Waals surface area contributed by atoms with E-state index in [0.29, 0.717) is 0 Å². The number of aromatic amines is 1. The first-order chi connectivity index (χ1) is 21.8. The highest BCUT2D eigenvalue weighted by molar-refractivity contribution is 7.47. The monoisotopic (exact) mass is 691 g/mol. The van der Waals surface area contributed by atoms with Gasteiger partial charge in [-0.2, -0.15) is 15.0 Å². The quantitative estimate of drug-likeness (QED) is 0.0793. The van der Waals surface area contributed by atoms with Gasteiger partial charge in [0.05, 0.1) is 25.9 Å². The zero-order chi connectivity index (χ0) is 33.5. The fourth-order valence-corrected chi connectivity index (χ4v) is 5.86. The summed E-state index contributed by atoms with van der Waals surface area (Å²) in [5.41, 5.74) is 16.4. The van der Waals surface area contributed by atoms with Crippen LogP contribution in [0.3, 0.4) is 0 Å². The lowest BCUT2D eigenvalue weighted by molar-refractivity contribution is -0.0615. The van der Waals surface area contributed by atoms with Gasteiger partial charge in [-0.3, -0.25) is 28.0 Å². The lowest BCUT2D eigenvalue weighted by Gasteiger charge is -2.24. The van der Waals surface area contributed by atoms with Crippen molar-refractivity contribution in [1.82, 2.24) is 39.0 Å². The first-order valence-electron chi connectivity index (χ1n) is 12.9. The van der Waals surface area contributed by atoms with E-state index in [1.165, 1.54) is 10.9 Å².